The van der Waals surface area contributed by atoms with Crippen LogP contribution in [0.1, 0.15) is 38.6 Å². The zero-order chi connectivity index (χ0) is 17.9. The Morgan fingerprint density at radius 1 is 1.31 bits per heavy atom. The summed E-state index contributed by atoms with van der Waals surface area (Å²) in [6, 6.07) is 4.92. The van der Waals surface area contributed by atoms with E-state index in [4.69, 9.17) is 0 Å². The molecule has 0 bridgehead atoms. The first-order chi connectivity index (χ1) is 12.7. The van der Waals surface area contributed by atoms with Crippen molar-refractivity contribution < 1.29 is 4.79 Å². The van der Waals surface area contributed by atoms with E-state index >= 15 is 0 Å². The number of piperidine rings is 1. The summed E-state index contributed by atoms with van der Waals surface area (Å²) in [4.78, 5) is 15.9. The van der Waals surface area contributed by atoms with E-state index < -0.39 is 0 Å². The molecule has 140 valence electrons. The van der Waals surface area contributed by atoms with Crippen molar-refractivity contribution in [3.05, 3.63) is 17.5 Å². The maximum atomic E-state index is 12.4. The SMILES string of the molecule is CCN1CCC(NC(=O)CSc2nnc(-c3cccs3)n2C2CC2)CC1. The minimum Gasteiger partial charge on any atom is -0.353 e. The second kappa shape index (κ2) is 8.10. The van der Waals surface area contributed by atoms with E-state index in [1.165, 1.54) is 24.6 Å². The minimum atomic E-state index is 0.105. The molecule has 1 saturated carbocycles. The molecule has 0 spiro atoms. The highest BCUT2D eigenvalue weighted by molar-refractivity contribution is 7.99. The number of hydrogen-bond acceptors (Lipinski definition) is 6. The number of nitrogens with zero attached hydrogens (tertiary/aromatic N) is 4. The Bertz CT molecular complexity index is 733. The topological polar surface area (TPSA) is 63.1 Å². The number of aromatic nitrogens is 3. The lowest BCUT2D eigenvalue weighted by molar-refractivity contribution is -0.119. The van der Waals surface area contributed by atoms with Crippen LogP contribution in [0.3, 0.4) is 0 Å². The second-order valence-corrected chi connectivity index (χ2v) is 8.84. The molecule has 2 aromatic heterocycles. The van der Waals surface area contributed by atoms with Gasteiger partial charge in [0.1, 0.15) is 0 Å². The molecule has 4 rings (SSSR count). The minimum absolute atomic E-state index is 0.105. The van der Waals surface area contributed by atoms with E-state index in [1.54, 1.807) is 11.3 Å². The first kappa shape index (κ1) is 18.0. The van der Waals surface area contributed by atoms with Gasteiger partial charge in [0.15, 0.2) is 11.0 Å². The van der Waals surface area contributed by atoms with Crippen molar-refractivity contribution in [1.29, 1.82) is 0 Å². The Hall–Kier alpha value is -1.38. The van der Waals surface area contributed by atoms with Crippen LogP contribution in [-0.4, -0.2) is 57.0 Å². The number of thiophene rings is 1. The summed E-state index contributed by atoms with van der Waals surface area (Å²) >= 11 is 3.19. The quantitative estimate of drug-likeness (QED) is 0.735. The predicted molar refractivity (Wildman–Crippen MR) is 106 cm³/mol. The molecule has 2 aromatic rings. The molecule has 6 nitrogen and oxygen atoms in total. The first-order valence-electron chi connectivity index (χ1n) is 9.38. The zero-order valence-electron chi connectivity index (χ0n) is 15.1. The van der Waals surface area contributed by atoms with Crippen LogP contribution in [0.2, 0.25) is 0 Å². The van der Waals surface area contributed by atoms with Crippen molar-refractivity contribution in [1.82, 2.24) is 25.0 Å². The van der Waals surface area contributed by atoms with Crippen LogP contribution in [0.4, 0.5) is 0 Å². The van der Waals surface area contributed by atoms with Gasteiger partial charge in [-0.1, -0.05) is 24.8 Å². The summed E-state index contributed by atoms with van der Waals surface area (Å²) in [6.07, 6.45) is 4.44. The van der Waals surface area contributed by atoms with Gasteiger partial charge in [-0.2, -0.15) is 0 Å². The highest BCUT2D eigenvalue weighted by Crippen LogP contribution is 2.41. The first-order valence-corrected chi connectivity index (χ1v) is 11.2. The highest BCUT2D eigenvalue weighted by atomic mass is 32.2. The van der Waals surface area contributed by atoms with Gasteiger partial charge < -0.3 is 10.2 Å². The van der Waals surface area contributed by atoms with Gasteiger partial charge in [-0.05, 0) is 43.7 Å². The summed E-state index contributed by atoms with van der Waals surface area (Å²) in [6.45, 7) is 5.44. The lowest BCUT2D eigenvalue weighted by atomic mass is 10.1. The fraction of sp³-hybridized carbons (Fsp3) is 0.611. The average Bonchev–Trinajstić information content (AvgIpc) is 3.18. The summed E-state index contributed by atoms with van der Waals surface area (Å²) in [7, 11) is 0. The lowest BCUT2D eigenvalue weighted by Gasteiger charge is -2.31. The Kier molecular flexibility index (Phi) is 5.61. The van der Waals surface area contributed by atoms with Gasteiger partial charge in [0, 0.05) is 25.2 Å². The number of carbonyl (C=O) groups excluding carboxylic acids is 1. The van der Waals surface area contributed by atoms with E-state index in [2.05, 4.69) is 43.4 Å². The number of nitrogens with one attached hydrogen (secondary N) is 1. The normalized spacial score (nSPS) is 19.0. The Labute approximate surface area is 162 Å². The number of carbonyl (C=O) groups is 1. The van der Waals surface area contributed by atoms with Crippen molar-refractivity contribution >= 4 is 29.0 Å². The summed E-state index contributed by atoms with van der Waals surface area (Å²) in [5, 5.41) is 14.9. The van der Waals surface area contributed by atoms with Gasteiger partial charge in [0.2, 0.25) is 5.91 Å². The van der Waals surface area contributed by atoms with E-state index in [0.29, 0.717) is 17.8 Å². The van der Waals surface area contributed by atoms with Crippen molar-refractivity contribution in [3.63, 3.8) is 0 Å². The molecule has 8 heteroatoms. The summed E-state index contributed by atoms with van der Waals surface area (Å²) in [5.41, 5.74) is 0. The fourth-order valence-corrected chi connectivity index (χ4v) is 4.93. The van der Waals surface area contributed by atoms with E-state index in [-0.39, 0.29) is 5.91 Å². The number of hydrogen-bond donors (Lipinski definition) is 1. The number of rotatable bonds is 7. The second-order valence-electron chi connectivity index (χ2n) is 6.95. The number of amides is 1. The third-order valence-electron chi connectivity index (χ3n) is 5.05. The van der Waals surface area contributed by atoms with Gasteiger partial charge in [0.25, 0.3) is 0 Å². The van der Waals surface area contributed by atoms with Crippen LogP contribution < -0.4 is 5.32 Å². The number of likely N-dealkylation sites (tertiary alicyclic amines) is 1. The molecular weight excluding hydrogens is 366 g/mol. The van der Waals surface area contributed by atoms with Crippen molar-refractivity contribution in [2.45, 2.75) is 49.8 Å². The molecule has 3 heterocycles. The van der Waals surface area contributed by atoms with Crippen LogP contribution in [0, 0.1) is 0 Å². The van der Waals surface area contributed by atoms with E-state index in [1.807, 2.05) is 6.07 Å². The van der Waals surface area contributed by atoms with Gasteiger partial charge in [-0.15, -0.1) is 21.5 Å². The molecule has 1 aliphatic heterocycles. The van der Waals surface area contributed by atoms with Gasteiger partial charge >= 0.3 is 0 Å². The van der Waals surface area contributed by atoms with Crippen LogP contribution in [0.15, 0.2) is 22.7 Å². The molecule has 2 aliphatic rings. The van der Waals surface area contributed by atoms with Crippen LogP contribution >= 0.6 is 23.1 Å². The summed E-state index contributed by atoms with van der Waals surface area (Å²) in [5.74, 6) is 1.45. The number of thioether (sulfide) groups is 1. The molecule has 0 radical (unpaired) electrons. The standard InChI is InChI=1S/C18H25N5OS2/c1-2-22-9-7-13(8-10-22)19-16(24)12-26-18-21-20-17(15-4-3-11-25-15)23(18)14-5-6-14/h3-4,11,13-14H,2,5-10,12H2,1H3,(H,19,24). The van der Waals surface area contributed by atoms with Crippen LogP contribution in [-0.2, 0) is 4.79 Å². The molecule has 1 amide bonds. The lowest BCUT2D eigenvalue weighted by Crippen LogP contribution is -2.45. The average molecular weight is 392 g/mol. The van der Waals surface area contributed by atoms with Gasteiger partial charge in [-0.3, -0.25) is 9.36 Å². The molecule has 0 atom stereocenters. The van der Waals surface area contributed by atoms with E-state index in [0.717, 1.165) is 48.3 Å². The Morgan fingerprint density at radius 2 is 2.12 bits per heavy atom. The molecule has 2 fully saturated rings. The van der Waals surface area contributed by atoms with Crippen LogP contribution in [0.5, 0.6) is 0 Å². The highest BCUT2D eigenvalue weighted by Gasteiger charge is 2.30. The van der Waals surface area contributed by atoms with Crippen molar-refractivity contribution in [3.8, 4) is 10.7 Å². The molecule has 26 heavy (non-hydrogen) atoms. The molecule has 1 aliphatic carbocycles. The zero-order valence-corrected chi connectivity index (χ0v) is 16.7. The summed E-state index contributed by atoms with van der Waals surface area (Å²) < 4.78 is 2.23. The molecule has 1 N–H and O–H groups in total. The maximum Gasteiger partial charge on any atom is 0.230 e. The molecule has 1 saturated heterocycles. The monoisotopic (exact) mass is 391 g/mol. The Morgan fingerprint density at radius 3 is 2.77 bits per heavy atom. The largest absolute Gasteiger partial charge is 0.353 e. The van der Waals surface area contributed by atoms with Crippen LogP contribution in [0.25, 0.3) is 10.7 Å². The van der Waals surface area contributed by atoms with Crippen molar-refractivity contribution in [2.75, 3.05) is 25.4 Å². The molecule has 0 aromatic carbocycles. The van der Waals surface area contributed by atoms with Gasteiger partial charge in [0.05, 0.1) is 10.6 Å². The van der Waals surface area contributed by atoms with E-state index in [9.17, 15) is 4.79 Å². The fourth-order valence-electron chi connectivity index (χ4n) is 3.40. The molecule has 0 unspecified atom stereocenters. The molecular formula is C18H25N5OS2. The third-order valence-corrected chi connectivity index (χ3v) is 6.86. The third kappa shape index (κ3) is 4.13. The smallest absolute Gasteiger partial charge is 0.230 e. The van der Waals surface area contributed by atoms with Crippen molar-refractivity contribution in [2.24, 2.45) is 0 Å². The Balaban J connectivity index is 1.34. The van der Waals surface area contributed by atoms with Gasteiger partial charge in [-0.25, -0.2) is 0 Å². The maximum absolute atomic E-state index is 12.4. The predicted octanol–water partition coefficient (Wildman–Crippen LogP) is 3.03.